The Kier molecular flexibility index (Phi) is 7.63. The molecule has 0 saturated carbocycles. The Morgan fingerprint density at radius 1 is 1.29 bits per heavy atom. The van der Waals surface area contributed by atoms with Gasteiger partial charge in [0, 0.05) is 13.2 Å². The second-order valence-electron chi connectivity index (χ2n) is 4.11. The predicted octanol–water partition coefficient (Wildman–Crippen LogP) is 1.61. The molecule has 2 N–H and O–H groups in total. The lowest BCUT2D eigenvalue weighted by Crippen LogP contribution is -2.31. The largest absolute Gasteiger partial charge is 0.389 e. The molecule has 1 aromatic rings. The summed E-state index contributed by atoms with van der Waals surface area (Å²) in [5.74, 6) is 0. The maximum absolute atomic E-state index is 9.51. The Labute approximate surface area is 104 Å². The summed E-state index contributed by atoms with van der Waals surface area (Å²) in [4.78, 5) is 0. The average molecular weight is 237 g/mol. The van der Waals surface area contributed by atoms with Crippen molar-refractivity contribution in [3.05, 3.63) is 35.9 Å². The maximum Gasteiger partial charge on any atom is 0.0897 e. The van der Waals surface area contributed by atoms with Gasteiger partial charge in [0.15, 0.2) is 0 Å². The third-order valence-corrected chi connectivity index (χ3v) is 2.56. The molecule has 0 heterocycles. The molecule has 0 aliphatic carbocycles. The lowest BCUT2D eigenvalue weighted by molar-refractivity contribution is 0.0429. The normalized spacial score (nSPS) is 12.6. The number of hydrogen-bond acceptors (Lipinski definition) is 3. The summed E-state index contributed by atoms with van der Waals surface area (Å²) in [5, 5.41) is 12.7. The molecule has 0 saturated heterocycles. The summed E-state index contributed by atoms with van der Waals surface area (Å²) < 4.78 is 5.13. The topological polar surface area (TPSA) is 41.5 Å². The van der Waals surface area contributed by atoms with E-state index in [1.807, 2.05) is 13.0 Å². The monoisotopic (exact) mass is 237 g/mol. The first kappa shape index (κ1) is 14.2. The highest BCUT2D eigenvalue weighted by atomic mass is 16.5. The van der Waals surface area contributed by atoms with Gasteiger partial charge in [-0.25, -0.2) is 0 Å². The molecule has 17 heavy (non-hydrogen) atoms. The fraction of sp³-hybridized carbons (Fsp3) is 0.571. The molecule has 0 spiro atoms. The number of nitrogens with one attached hydrogen (secondary N) is 1. The minimum absolute atomic E-state index is 0.397. The minimum atomic E-state index is -0.397. The van der Waals surface area contributed by atoms with Gasteiger partial charge in [-0.1, -0.05) is 30.3 Å². The molecule has 0 amide bonds. The molecule has 0 aliphatic heterocycles. The number of aliphatic hydroxyl groups excluding tert-OH is 1. The van der Waals surface area contributed by atoms with Crippen molar-refractivity contribution < 1.29 is 9.84 Å². The van der Waals surface area contributed by atoms with Crippen molar-refractivity contribution >= 4 is 0 Å². The van der Waals surface area contributed by atoms with Crippen LogP contribution in [0.1, 0.15) is 18.9 Å². The lowest BCUT2D eigenvalue weighted by atomic mass is 10.1. The van der Waals surface area contributed by atoms with Gasteiger partial charge in [0.25, 0.3) is 0 Å². The van der Waals surface area contributed by atoms with Crippen molar-refractivity contribution in [3.63, 3.8) is 0 Å². The third kappa shape index (κ3) is 7.10. The van der Waals surface area contributed by atoms with Gasteiger partial charge in [0.05, 0.1) is 12.7 Å². The molecular weight excluding hydrogens is 214 g/mol. The fourth-order valence-electron chi connectivity index (χ4n) is 1.64. The van der Waals surface area contributed by atoms with Crippen LogP contribution in [0, 0.1) is 0 Å². The van der Waals surface area contributed by atoms with E-state index in [1.165, 1.54) is 5.56 Å². The van der Waals surface area contributed by atoms with E-state index in [0.29, 0.717) is 19.8 Å². The van der Waals surface area contributed by atoms with Crippen molar-refractivity contribution in [1.82, 2.24) is 5.32 Å². The molecule has 1 aromatic carbocycles. The van der Waals surface area contributed by atoms with Gasteiger partial charge >= 0.3 is 0 Å². The number of hydrogen-bond donors (Lipinski definition) is 2. The maximum atomic E-state index is 9.51. The van der Waals surface area contributed by atoms with Crippen LogP contribution in [0.4, 0.5) is 0 Å². The quantitative estimate of drug-likeness (QED) is 0.641. The number of rotatable bonds is 9. The van der Waals surface area contributed by atoms with Crippen molar-refractivity contribution in [1.29, 1.82) is 0 Å². The summed E-state index contributed by atoms with van der Waals surface area (Å²) in [5.41, 5.74) is 1.36. The van der Waals surface area contributed by atoms with Crippen LogP contribution in [0.3, 0.4) is 0 Å². The van der Waals surface area contributed by atoms with Gasteiger partial charge in [0.1, 0.15) is 0 Å². The van der Waals surface area contributed by atoms with E-state index in [0.717, 1.165) is 19.4 Å². The molecule has 3 heteroatoms. The first-order valence-electron chi connectivity index (χ1n) is 6.33. The second kappa shape index (κ2) is 9.16. The smallest absolute Gasteiger partial charge is 0.0897 e. The molecule has 3 nitrogen and oxygen atoms in total. The number of ether oxygens (including phenoxy) is 1. The Bertz CT molecular complexity index is 277. The Morgan fingerprint density at radius 3 is 2.76 bits per heavy atom. The van der Waals surface area contributed by atoms with Crippen LogP contribution >= 0.6 is 0 Å². The van der Waals surface area contributed by atoms with E-state index < -0.39 is 6.10 Å². The van der Waals surface area contributed by atoms with Crippen LogP contribution in [-0.4, -0.2) is 37.5 Å². The highest BCUT2D eigenvalue weighted by molar-refractivity contribution is 5.14. The summed E-state index contributed by atoms with van der Waals surface area (Å²) in [7, 11) is 0. The molecule has 1 unspecified atom stereocenters. The standard InChI is InChI=1S/C14H23NO2/c1-2-17-12-14(16)11-15-10-6-9-13-7-4-3-5-8-13/h3-5,7-8,14-16H,2,6,9-12H2,1H3. The van der Waals surface area contributed by atoms with Crippen LogP contribution < -0.4 is 5.32 Å². The van der Waals surface area contributed by atoms with E-state index in [9.17, 15) is 5.11 Å². The number of aliphatic hydroxyl groups is 1. The van der Waals surface area contributed by atoms with Gasteiger partial charge in [0.2, 0.25) is 0 Å². The van der Waals surface area contributed by atoms with Gasteiger partial charge in [-0.2, -0.15) is 0 Å². The van der Waals surface area contributed by atoms with Crippen LogP contribution in [0.15, 0.2) is 30.3 Å². The molecule has 0 fully saturated rings. The van der Waals surface area contributed by atoms with Gasteiger partial charge in [-0.05, 0) is 31.9 Å². The van der Waals surface area contributed by atoms with Crippen LogP contribution in [0.5, 0.6) is 0 Å². The number of aryl methyl sites for hydroxylation is 1. The van der Waals surface area contributed by atoms with Crippen molar-refractivity contribution in [2.75, 3.05) is 26.3 Å². The fourth-order valence-corrected chi connectivity index (χ4v) is 1.64. The second-order valence-corrected chi connectivity index (χ2v) is 4.11. The van der Waals surface area contributed by atoms with E-state index in [4.69, 9.17) is 4.74 Å². The first-order valence-corrected chi connectivity index (χ1v) is 6.33. The molecule has 0 bridgehead atoms. The Hall–Kier alpha value is -0.900. The minimum Gasteiger partial charge on any atom is -0.389 e. The van der Waals surface area contributed by atoms with E-state index in [1.54, 1.807) is 0 Å². The zero-order valence-electron chi connectivity index (χ0n) is 10.6. The molecule has 0 aromatic heterocycles. The Balaban J connectivity index is 1.97. The highest BCUT2D eigenvalue weighted by Crippen LogP contribution is 2.01. The summed E-state index contributed by atoms with van der Waals surface area (Å²) >= 11 is 0. The summed E-state index contributed by atoms with van der Waals surface area (Å²) in [6.45, 7) is 4.54. The SMILES string of the molecule is CCOCC(O)CNCCCc1ccccc1. The zero-order chi connectivity index (χ0) is 12.3. The Morgan fingerprint density at radius 2 is 2.06 bits per heavy atom. The van der Waals surface area contributed by atoms with Crippen molar-refractivity contribution in [2.45, 2.75) is 25.9 Å². The first-order chi connectivity index (χ1) is 8.33. The van der Waals surface area contributed by atoms with Crippen LogP contribution in [-0.2, 0) is 11.2 Å². The van der Waals surface area contributed by atoms with Gasteiger partial charge in [-0.15, -0.1) is 0 Å². The van der Waals surface area contributed by atoms with Crippen molar-refractivity contribution in [2.24, 2.45) is 0 Å². The highest BCUT2D eigenvalue weighted by Gasteiger charge is 2.02. The molecule has 96 valence electrons. The molecule has 1 rings (SSSR count). The van der Waals surface area contributed by atoms with Crippen molar-refractivity contribution in [3.8, 4) is 0 Å². The lowest BCUT2D eigenvalue weighted by Gasteiger charge is -2.11. The molecule has 0 radical (unpaired) electrons. The summed E-state index contributed by atoms with van der Waals surface area (Å²) in [6.07, 6.45) is 1.77. The van der Waals surface area contributed by atoms with Crippen LogP contribution in [0.2, 0.25) is 0 Å². The molecule has 1 atom stereocenters. The van der Waals surface area contributed by atoms with E-state index >= 15 is 0 Å². The average Bonchev–Trinajstić information content (AvgIpc) is 2.37. The third-order valence-electron chi connectivity index (χ3n) is 2.56. The van der Waals surface area contributed by atoms with Crippen LogP contribution in [0.25, 0.3) is 0 Å². The van der Waals surface area contributed by atoms with E-state index in [2.05, 4.69) is 29.6 Å². The van der Waals surface area contributed by atoms with E-state index in [-0.39, 0.29) is 0 Å². The molecule has 0 aliphatic rings. The van der Waals surface area contributed by atoms with Gasteiger partial charge in [-0.3, -0.25) is 0 Å². The predicted molar refractivity (Wildman–Crippen MR) is 70.1 cm³/mol. The summed E-state index contributed by atoms with van der Waals surface area (Å²) in [6, 6.07) is 10.4. The number of benzene rings is 1. The molecular formula is C14H23NO2. The van der Waals surface area contributed by atoms with Gasteiger partial charge < -0.3 is 15.2 Å². The zero-order valence-corrected chi connectivity index (χ0v) is 10.6.